The Bertz CT molecular complexity index is 523. The number of hydrogen-bond acceptors (Lipinski definition) is 3. The third kappa shape index (κ3) is 2.28. The van der Waals surface area contributed by atoms with Crippen molar-refractivity contribution in [2.24, 2.45) is 0 Å². The Labute approximate surface area is 104 Å². The lowest BCUT2D eigenvalue weighted by atomic mass is 10.1. The molecule has 2 rings (SSSR count). The summed E-state index contributed by atoms with van der Waals surface area (Å²) in [4.78, 5) is 0. The molecule has 1 aromatic heterocycles. The van der Waals surface area contributed by atoms with Crippen molar-refractivity contribution in [2.45, 2.75) is 13.0 Å². The minimum Gasteiger partial charge on any atom is -0.496 e. The van der Waals surface area contributed by atoms with Crippen molar-refractivity contribution in [3.8, 4) is 11.4 Å². The molecule has 0 aliphatic rings. The monoisotopic (exact) mass is 252 g/mol. The highest BCUT2D eigenvalue weighted by Crippen LogP contribution is 2.31. The normalized spacial score (nSPS) is 12.5. The van der Waals surface area contributed by atoms with Crippen molar-refractivity contribution in [1.82, 2.24) is 9.78 Å². The zero-order chi connectivity index (χ0) is 12.4. The number of rotatable bonds is 3. The minimum absolute atomic E-state index is 0.546. The fourth-order valence-corrected chi connectivity index (χ4v) is 1.90. The summed E-state index contributed by atoms with van der Waals surface area (Å²) in [6, 6.07) is 5.50. The number of aliphatic hydroxyl groups is 1. The van der Waals surface area contributed by atoms with Gasteiger partial charge in [-0.15, -0.1) is 0 Å². The van der Waals surface area contributed by atoms with Gasteiger partial charge in [0.25, 0.3) is 0 Å². The molecule has 1 heterocycles. The van der Waals surface area contributed by atoms with Gasteiger partial charge in [0.05, 0.1) is 30.1 Å². The van der Waals surface area contributed by atoms with E-state index in [0.717, 1.165) is 5.69 Å². The van der Waals surface area contributed by atoms with Crippen LogP contribution in [0.25, 0.3) is 5.69 Å². The molecule has 2 aromatic rings. The quantitative estimate of drug-likeness (QED) is 0.913. The fourth-order valence-electron chi connectivity index (χ4n) is 1.76. The van der Waals surface area contributed by atoms with Gasteiger partial charge >= 0.3 is 0 Å². The van der Waals surface area contributed by atoms with E-state index >= 15 is 0 Å². The highest BCUT2D eigenvalue weighted by atomic mass is 35.5. The first-order chi connectivity index (χ1) is 8.13. The number of hydrogen-bond donors (Lipinski definition) is 1. The topological polar surface area (TPSA) is 47.3 Å². The molecule has 0 saturated heterocycles. The maximum Gasteiger partial charge on any atom is 0.126 e. The van der Waals surface area contributed by atoms with Crippen molar-refractivity contribution in [3.05, 3.63) is 41.2 Å². The van der Waals surface area contributed by atoms with Gasteiger partial charge in [0.2, 0.25) is 0 Å². The second-order valence-electron chi connectivity index (χ2n) is 3.67. The molecule has 90 valence electrons. The van der Waals surface area contributed by atoms with Crippen LogP contribution in [0.15, 0.2) is 30.6 Å². The number of aliphatic hydroxyl groups excluding tert-OH is 1. The standard InChI is InChI=1S/C12H13ClN2O2/c1-8(16)12-10(4-3-5-11(12)17-2)15-7-9(13)6-14-15/h3-8,16H,1-2H3/t8-/m1/s1. The molecule has 1 aromatic carbocycles. The lowest BCUT2D eigenvalue weighted by Crippen LogP contribution is -2.05. The molecule has 5 heteroatoms. The molecule has 0 radical (unpaired) electrons. The highest BCUT2D eigenvalue weighted by Gasteiger charge is 2.15. The van der Waals surface area contributed by atoms with E-state index in [0.29, 0.717) is 16.3 Å². The number of nitrogens with zero attached hydrogens (tertiary/aromatic N) is 2. The maximum atomic E-state index is 9.83. The van der Waals surface area contributed by atoms with Gasteiger partial charge in [-0.3, -0.25) is 0 Å². The second-order valence-corrected chi connectivity index (χ2v) is 4.11. The zero-order valence-corrected chi connectivity index (χ0v) is 10.3. The van der Waals surface area contributed by atoms with Crippen LogP contribution in [0.4, 0.5) is 0 Å². The van der Waals surface area contributed by atoms with Crippen LogP contribution in [-0.4, -0.2) is 22.0 Å². The first kappa shape index (κ1) is 12.0. The van der Waals surface area contributed by atoms with Crippen LogP contribution in [0, 0.1) is 0 Å². The average molecular weight is 253 g/mol. The molecule has 17 heavy (non-hydrogen) atoms. The minimum atomic E-state index is -0.649. The Hall–Kier alpha value is -1.52. The highest BCUT2D eigenvalue weighted by molar-refractivity contribution is 6.30. The van der Waals surface area contributed by atoms with Crippen LogP contribution in [0.3, 0.4) is 0 Å². The van der Waals surface area contributed by atoms with Gasteiger partial charge < -0.3 is 9.84 Å². The average Bonchev–Trinajstić information content (AvgIpc) is 2.74. The van der Waals surface area contributed by atoms with Crippen LogP contribution in [-0.2, 0) is 0 Å². The van der Waals surface area contributed by atoms with E-state index in [-0.39, 0.29) is 0 Å². The summed E-state index contributed by atoms with van der Waals surface area (Å²) in [5, 5.41) is 14.5. The Morgan fingerprint density at radius 1 is 1.47 bits per heavy atom. The summed E-state index contributed by atoms with van der Waals surface area (Å²) in [7, 11) is 1.57. The van der Waals surface area contributed by atoms with Gasteiger partial charge in [-0.2, -0.15) is 5.10 Å². The van der Waals surface area contributed by atoms with E-state index in [1.54, 1.807) is 37.2 Å². The lowest BCUT2D eigenvalue weighted by molar-refractivity contribution is 0.194. The maximum absolute atomic E-state index is 9.83. The van der Waals surface area contributed by atoms with E-state index in [9.17, 15) is 5.11 Å². The third-order valence-corrected chi connectivity index (χ3v) is 2.67. The van der Waals surface area contributed by atoms with E-state index < -0.39 is 6.10 Å². The summed E-state index contributed by atoms with van der Waals surface area (Å²) in [5.41, 5.74) is 1.45. The summed E-state index contributed by atoms with van der Waals surface area (Å²) < 4.78 is 6.86. The lowest BCUT2D eigenvalue weighted by Gasteiger charge is -2.15. The van der Waals surface area contributed by atoms with Gasteiger partial charge in [-0.25, -0.2) is 4.68 Å². The molecular weight excluding hydrogens is 240 g/mol. The van der Waals surface area contributed by atoms with Crippen LogP contribution in [0.1, 0.15) is 18.6 Å². The molecule has 1 atom stereocenters. The van der Waals surface area contributed by atoms with E-state index in [2.05, 4.69) is 5.10 Å². The summed E-state index contributed by atoms with van der Waals surface area (Å²) in [5.74, 6) is 0.629. The number of ether oxygens (including phenoxy) is 1. The Morgan fingerprint density at radius 2 is 2.24 bits per heavy atom. The third-order valence-electron chi connectivity index (χ3n) is 2.48. The number of halogens is 1. The molecule has 0 spiro atoms. The van der Waals surface area contributed by atoms with E-state index in [4.69, 9.17) is 16.3 Å². The predicted octanol–water partition coefficient (Wildman–Crippen LogP) is 2.59. The summed E-state index contributed by atoms with van der Waals surface area (Å²) >= 11 is 5.84. The molecule has 4 nitrogen and oxygen atoms in total. The van der Waals surface area contributed by atoms with Crippen LogP contribution < -0.4 is 4.74 Å². The number of benzene rings is 1. The molecule has 0 unspecified atom stereocenters. The molecule has 0 saturated carbocycles. The van der Waals surface area contributed by atoms with Crippen molar-refractivity contribution in [3.63, 3.8) is 0 Å². The number of methoxy groups -OCH3 is 1. The molecule has 0 bridgehead atoms. The van der Waals surface area contributed by atoms with Crippen molar-refractivity contribution >= 4 is 11.6 Å². The zero-order valence-electron chi connectivity index (χ0n) is 9.59. The van der Waals surface area contributed by atoms with Gasteiger partial charge in [0.15, 0.2) is 0 Å². The van der Waals surface area contributed by atoms with Gasteiger partial charge in [-0.05, 0) is 19.1 Å². The summed E-state index contributed by atoms with van der Waals surface area (Å²) in [6.07, 6.45) is 2.58. The summed E-state index contributed by atoms with van der Waals surface area (Å²) in [6.45, 7) is 1.69. The first-order valence-electron chi connectivity index (χ1n) is 5.19. The predicted molar refractivity (Wildman–Crippen MR) is 65.8 cm³/mol. The van der Waals surface area contributed by atoms with E-state index in [1.807, 2.05) is 12.1 Å². The molecule has 0 amide bonds. The molecular formula is C12H13ClN2O2. The molecule has 0 aliphatic heterocycles. The smallest absolute Gasteiger partial charge is 0.126 e. The van der Waals surface area contributed by atoms with Crippen molar-refractivity contribution in [1.29, 1.82) is 0 Å². The van der Waals surface area contributed by atoms with Gasteiger partial charge in [0, 0.05) is 11.8 Å². The van der Waals surface area contributed by atoms with Gasteiger partial charge in [-0.1, -0.05) is 17.7 Å². The van der Waals surface area contributed by atoms with Crippen molar-refractivity contribution < 1.29 is 9.84 Å². The Kier molecular flexibility index (Phi) is 3.36. The van der Waals surface area contributed by atoms with Crippen LogP contribution >= 0.6 is 11.6 Å². The molecule has 0 fully saturated rings. The SMILES string of the molecule is COc1cccc(-n2cc(Cl)cn2)c1[C@@H](C)O. The molecule has 1 N–H and O–H groups in total. The Morgan fingerprint density at radius 3 is 2.76 bits per heavy atom. The largest absolute Gasteiger partial charge is 0.496 e. The number of aromatic nitrogens is 2. The van der Waals surface area contributed by atoms with E-state index in [1.165, 1.54) is 0 Å². The first-order valence-corrected chi connectivity index (χ1v) is 5.56. The fraction of sp³-hybridized carbons (Fsp3) is 0.250. The Balaban J connectivity index is 2.60. The molecule has 0 aliphatic carbocycles. The van der Waals surface area contributed by atoms with Crippen LogP contribution in [0.2, 0.25) is 5.02 Å². The second kappa shape index (κ2) is 4.77. The van der Waals surface area contributed by atoms with Gasteiger partial charge in [0.1, 0.15) is 5.75 Å². The van der Waals surface area contributed by atoms with Crippen molar-refractivity contribution in [2.75, 3.05) is 7.11 Å². The van der Waals surface area contributed by atoms with Crippen LogP contribution in [0.5, 0.6) is 5.75 Å².